The van der Waals surface area contributed by atoms with E-state index in [1.807, 2.05) is 0 Å². The van der Waals surface area contributed by atoms with Crippen molar-refractivity contribution < 1.29 is 0 Å². The molecule has 0 saturated carbocycles. The van der Waals surface area contributed by atoms with Crippen LogP contribution in [0.1, 0.15) is 29.5 Å². The molecule has 0 unspecified atom stereocenters. The second-order valence-corrected chi connectivity index (χ2v) is 6.08. The molecule has 5 rings (SSSR count). The third kappa shape index (κ3) is 1.27. The van der Waals surface area contributed by atoms with Crippen LogP contribution >= 0.6 is 0 Å². The van der Waals surface area contributed by atoms with E-state index in [1.54, 1.807) is 16.7 Å². The molecule has 0 nitrogen and oxygen atoms in total. The van der Waals surface area contributed by atoms with Crippen LogP contribution in [0.3, 0.4) is 0 Å². The Labute approximate surface area is 119 Å². The van der Waals surface area contributed by atoms with Gasteiger partial charge in [-0.25, -0.2) is 0 Å². The normalized spacial score (nSPS) is 19.1. The van der Waals surface area contributed by atoms with E-state index in [-0.39, 0.29) is 0 Å². The van der Waals surface area contributed by atoms with Crippen LogP contribution in [0.4, 0.5) is 0 Å². The fraction of sp³-hybridized carbons (Fsp3) is 0.200. The first-order valence-corrected chi connectivity index (χ1v) is 7.52. The molecule has 3 aliphatic carbocycles. The van der Waals surface area contributed by atoms with Crippen LogP contribution in [0.5, 0.6) is 0 Å². The van der Waals surface area contributed by atoms with Crippen molar-refractivity contribution in [1.29, 1.82) is 0 Å². The predicted octanol–water partition coefficient (Wildman–Crippen LogP) is 4.98. The van der Waals surface area contributed by atoms with Crippen molar-refractivity contribution in [2.24, 2.45) is 0 Å². The first kappa shape index (κ1) is 10.7. The summed E-state index contributed by atoms with van der Waals surface area (Å²) < 4.78 is 0. The standard InChI is InChI=1S/C20H16/c1-2-7-17-15(4-1)12-16-9-8-13-5-3-6-14-10-11-18(17)20(16)19(13)14/h1-3,5-6,8-9,11H,4,7,10,12H2. The second-order valence-electron chi connectivity index (χ2n) is 6.08. The minimum atomic E-state index is 1.09. The number of hydrogen-bond donors (Lipinski definition) is 0. The van der Waals surface area contributed by atoms with Crippen LogP contribution in [-0.2, 0) is 12.8 Å². The summed E-state index contributed by atoms with van der Waals surface area (Å²) in [5, 5.41) is 2.92. The Morgan fingerprint density at radius 3 is 2.75 bits per heavy atom. The number of hydrogen-bond acceptors (Lipinski definition) is 0. The van der Waals surface area contributed by atoms with Gasteiger partial charge in [-0.15, -0.1) is 0 Å². The molecule has 0 amide bonds. The number of benzene rings is 2. The highest BCUT2D eigenvalue weighted by atomic mass is 14.3. The summed E-state index contributed by atoms with van der Waals surface area (Å²) in [6, 6.07) is 11.4. The first-order valence-electron chi connectivity index (χ1n) is 7.52. The zero-order chi connectivity index (χ0) is 13.1. The van der Waals surface area contributed by atoms with Crippen molar-refractivity contribution in [1.82, 2.24) is 0 Å². The van der Waals surface area contributed by atoms with Gasteiger partial charge >= 0.3 is 0 Å². The molecule has 2 aromatic carbocycles. The van der Waals surface area contributed by atoms with E-state index in [2.05, 4.69) is 48.6 Å². The monoisotopic (exact) mass is 256 g/mol. The Balaban J connectivity index is 1.87. The Kier molecular flexibility index (Phi) is 1.99. The van der Waals surface area contributed by atoms with Crippen LogP contribution in [-0.4, -0.2) is 0 Å². The average molecular weight is 256 g/mol. The van der Waals surface area contributed by atoms with Gasteiger partial charge in [-0.3, -0.25) is 0 Å². The molecule has 0 aromatic heterocycles. The van der Waals surface area contributed by atoms with Crippen molar-refractivity contribution in [2.75, 3.05) is 0 Å². The van der Waals surface area contributed by atoms with Gasteiger partial charge in [0.15, 0.2) is 0 Å². The van der Waals surface area contributed by atoms with Gasteiger partial charge in [0.05, 0.1) is 0 Å². The van der Waals surface area contributed by atoms with E-state index in [0.29, 0.717) is 0 Å². The number of fused-ring (bicyclic) bond motifs is 1. The Bertz CT molecular complexity index is 844. The van der Waals surface area contributed by atoms with E-state index in [4.69, 9.17) is 0 Å². The summed E-state index contributed by atoms with van der Waals surface area (Å²) in [5.41, 5.74) is 9.36. The maximum atomic E-state index is 2.47. The summed E-state index contributed by atoms with van der Waals surface area (Å²) in [6.45, 7) is 0. The van der Waals surface area contributed by atoms with Crippen LogP contribution in [0.25, 0.3) is 16.3 Å². The molecule has 20 heavy (non-hydrogen) atoms. The smallest absolute Gasteiger partial charge is 0.00514 e. The summed E-state index contributed by atoms with van der Waals surface area (Å²) in [6.07, 6.45) is 11.6. The van der Waals surface area contributed by atoms with Gasteiger partial charge in [0.25, 0.3) is 0 Å². The highest BCUT2D eigenvalue weighted by Crippen LogP contribution is 2.46. The summed E-state index contributed by atoms with van der Waals surface area (Å²) >= 11 is 0. The quantitative estimate of drug-likeness (QED) is 0.583. The van der Waals surface area contributed by atoms with Gasteiger partial charge in [-0.1, -0.05) is 54.1 Å². The molecule has 0 radical (unpaired) electrons. The topological polar surface area (TPSA) is 0 Å². The SMILES string of the molecule is C1=CCC2=C(C1)Cc1ccc3cccc4c3c1C2=CC4. The molecule has 0 heterocycles. The molecule has 0 bridgehead atoms. The fourth-order valence-electron chi connectivity index (χ4n) is 4.11. The molecular formula is C20H16. The molecule has 0 atom stereocenters. The number of allylic oxidation sites excluding steroid dienone is 6. The summed E-state index contributed by atoms with van der Waals surface area (Å²) in [7, 11) is 0. The van der Waals surface area contributed by atoms with E-state index in [1.165, 1.54) is 27.5 Å². The van der Waals surface area contributed by atoms with Crippen molar-refractivity contribution >= 4 is 16.3 Å². The Morgan fingerprint density at radius 1 is 0.800 bits per heavy atom. The predicted molar refractivity (Wildman–Crippen MR) is 84.7 cm³/mol. The molecule has 96 valence electrons. The van der Waals surface area contributed by atoms with Crippen LogP contribution < -0.4 is 0 Å². The van der Waals surface area contributed by atoms with Crippen LogP contribution in [0, 0.1) is 0 Å². The lowest BCUT2D eigenvalue weighted by atomic mass is 9.73. The summed E-state index contributed by atoms with van der Waals surface area (Å²) in [4.78, 5) is 0. The molecule has 0 aliphatic heterocycles. The Hall–Kier alpha value is -2.08. The molecule has 0 heteroatoms. The zero-order valence-electron chi connectivity index (χ0n) is 11.4. The first-order chi connectivity index (χ1) is 9.92. The third-order valence-corrected chi connectivity index (χ3v) is 5.02. The summed E-state index contributed by atoms with van der Waals surface area (Å²) in [5.74, 6) is 0. The van der Waals surface area contributed by atoms with E-state index in [0.717, 1.165) is 25.7 Å². The van der Waals surface area contributed by atoms with Crippen LogP contribution in [0.15, 0.2) is 59.7 Å². The average Bonchev–Trinajstić information content (AvgIpc) is 2.52. The molecule has 0 N–H and O–H groups in total. The zero-order valence-corrected chi connectivity index (χ0v) is 11.4. The van der Waals surface area contributed by atoms with Gasteiger partial charge in [0, 0.05) is 0 Å². The fourth-order valence-corrected chi connectivity index (χ4v) is 4.11. The van der Waals surface area contributed by atoms with Crippen molar-refractivity contribution in [2.45, 2.75) is 25.7 Å². The molecule has 2 aromatic rings. The van der Waals surface area contributed by atoms with E-state index < -0.39 is 0 Å². The minimum absolute atomic E-state index is 1.09. The van der Waals surface area contributed by atoms with E-state index >= 15 is 0 Å². The van der Waals surface area contributed by atoms with Gasteiger partial charge in [0.2, 0.25) is 0 Å². The van der Waals surface area contributed by atoms with Gasteiger partial charge in [-0.2, -0.15) is 0 Å². The maximum Gasteiger partial charge on any atom is -0.00514 e. The van der Waals surface area contributed by atoms with Crippen LogP contribution in [0.2, 0.25) is 0 Å². The molecule has 0 saturated heterocycles. The third-order valence-electron chi connectivity index (χ3n) is 5.02. The van der Waals surface area contributed by atoms with E-state index in [9.17, 15) is 0 Å². The van der Waals surface area contributed by atoms with Crippen molar-refractivity contribution in [3.63, 3.8) is 0 Å². The van der Waals surface area contributed by atoms with Gasteiger partial charge in [0.1, 0.15) is 0 Å². The second kappa shape index (κ2) is 3.73. The molecular weight excluding hydrogens is 240 g/mol. The molecule has 0 fully saturated rings. The van der Waals surface area contributed by atoms with Crippen molar-refractivity contribution in [3.8, 4) is 0 Å². The van der Waals surface area contributed by atoms with Gasteiger partial charge < -0.3 is 0 Å². The minimum Gasteiger partial charge on any atom is -0.0841 e. The van der Waals surface area contributed by atoms with Crippen molar-refractivity contribution in [3.05, 3.63) is 76.4 Å². The Morgan fingerprint density at radius 2 is 1.75 bits per heavy atom. The van der Waals surface area contributed by atoms with Gasteiger partial charge in [-0.05, 0) is 64.3 Å². The molecule has 3 aliphatic rings. The highest BCUT2D eigenvalue weighted by Gasteiger charge is 2.27. The largest absolute Gasteiger partial charge is 0.0841 e. The molecule has 0 spiro atoms. The lowest BCUT2D eigenvalue weighted by molar-refractivity contribution is 0.964. The lowest BCUT2D eigenvalue weighted by Gasteiger charge is -2.31. The number of rotatable bonds is 0. The maximum absolute atomic E-state index is 2.47. The lowest BCUT2D eigenvalue weighted by Crippen LogP contribution is -2.13. The highest BCUT2D eigenvalue weighted by molar-refractivity contribution is 6.04.